The lowest BCUT2D eigenvalue weighted by atomic mass is 10.0. The van der Waals surface area contributed by atoms with E-state index in [0.717, 1.165) is 23.6 Å². The van der Waals surface area contributed by atoms with Gasteiger partial charge in [-0.1, -0.05) is 36.4 Å². The molecule has 0 spiro atoms. The highest BCUT2D eigenvalue weighted by molar-refractivity contribution is 5.51. The van der Waals surface area contributed by atoms with Gasteiger partial charge in [-0.3, -0.25) is 0 Å². The van der Waals surface area contributed by atoms with Gasteiger partial charge in [0.15, 0.2) is 0 Å². The highest BCUT2D eigenvalue weighted by Crippen LogP contribution is 2.17. The summed E-state index contributed by atoms with van der Waals surface area (Å²) in [5.41, 5.74) is 4.78. The quantitative estimate of drug-likeness (QED) is 0.741. The topological polar surface area (TPSA) is 21.3 Å². The van der Waals surface area contributed by atoms with Crippen molar-refractivity contribution in [3.05, 3.63) is 83.6 Å². The van der Waals surface area contributed by atoms with Crippen LogP contribution in [0.4, 0.5) is 5.69 Å². The molecule has 0 saturated carbocycles. The van der Waals surface area contributed by atoms with E-state index >= 15 is 0 Å². The third-order valence-corrected chi connectivity index (χ3v) is 3.47. The maximum absolute atomic E-state index is 5.18. The van der Waals surface area contributed by atoms with Gasteiger partial charge in [0.25, 0.3) is 0 Å². The Balaban J connectivity index is 2.02. The fourth-order valence-corrected chi connectivity index (χ4v) is 2.24. The van der Waals surface area contributed by atoms with E-state index in [9.17, 15) is 0 Å². The van der Waals surface area contributed by atoms with Crippen LogP contribution in [0.5, 0.6) is 5.75 Å². The summed E-state index contributed by atoms with van der Waals surface area (Å²) in [7, 11) is 1.69. The van der Waals surface area contributed by atoms with Crippen molar-refractivity contribution in [1.82, 2.24) is 0 Å². The summed E-state index contributed by atoms with van der Waals surface area (Å²) in [5.74, 6) is 0.895. The average Bonchev–Trinajstić information content (AvgIpc) is 2.57. The van der Waals surface area contributed by atoms with Gasteiger partial charge in [0.05, 0.1) is 7.11 Å². The number of allylic oxidation sites excluding steroid dienone is 3. The van der Waals surface area contributed by atoms with Crippen LogP contribution in [0.1, 0.15) is 25.0 Å². The monoisotopic (exact) mass is 293 g/mol. The van der Waals surface area contributed by atoms with Gasteiger partial charge in [-0.15, -0.1) is 0 Å². The Bertz CT molecular complexity index is 636. The molecule has 2 aromatic rings. The second-order valence-corrected chi connectivity index (χ2v) is 5.09. The van der Waals surface area contributed by atoms with Gasteiger partial charge in [0.1, 0.15) is 5.75 Å². The number of anilines is 1. The molecule has 2 heteroatoms. The molecule has 0 fully saturated rings. The second kappa shape index (κ2) is 8.08. The lowest BCUT2D eigenvalue weighted by molar-refractivity contribution is 0.414. The summed E-state index contributed by atoms with van der Waals surface area (Å²) in [4.78, 5) is 0. The zero-order chi connectivity index (χ0) is 15.8. The zero-order valence-corrected chi connectivity index (χ0v) is 13.5. The van der Waals surface area contributed by atoms with Crippen molar-refractivity contribution in [1.29, 1.82) is 0 Å². The molecule has 0 radical (unpaired) electrons. The van der Waals surface area contributed by atoms with Gasteiger partial charge in [-0.05, 0) is 61.7 Å². The highest BCUT2D eigenvalue weighted by Gasteiger charge is 1.99. The maximum atomic E-state index is 5.18. The molecular formula is C20H23NO. The number of ether oxygens (including phenoxy) is 1. The number of hydrogen-bond acceptors (Lipinski definition) is 2. The molecule has 22 heavy (non-hydrogen) atoms. The molecule has 1 N–H and O–H groups in total. The standard InChI is InChI=1S/C20H23NO/c1-4-6-18(5-2)21-19-11-7-16(8-12-19)15-17-9-13-20(22-3)14-10-17/h4-14,21H,15H2,1-3H3/b6-4-,18-5+. The van der Waals surface area contributed by atoms with Crippen LogP contribution in [-0.4, -0.2) is 7.11 Å². The second-order valence-electron chi connectivity index (χ2n) is 5.09. The van der Waals surface area contributed by atoms with Crippen molar-refractivity contribution >= 4 is 5.69 Å². The summed E-state index contributed by atoms with van der Waals surface area (Å²) < 4.78 is 5.18. The van der Waals surface area contributed by atoms with Crippen LogP contribution in [0.2, 0.25) is 0 Å². The Morgan fingerprint density at radius 3 is 2.05 bits per heavy atom. The van der Waals surface area contributed by atoms with Gasteiger partial charge in [0.2, 0.25) is 0 Å². The molecule has 0 heterocycles. The van der Waals surface area contributed by atoms with Crippen LogP contribution in [0, 0.1) is 0 Å². The van der Waals surface area contributed by atoms with E-state index in [2.05, 4.69) is 53.9 Å². The highest BCUT2D eigenvalue weighted by atomic mass is 16.5. The summed E-state index contributed by atoms with van der Waals surface area (Å²) in [6, 6.07) is 16.8. The molecule has 2 rings (SSSR count). The van der Waals surface area contributed by atoms with Crippen molar-refractivity contribution in [2.24, 2.45) is 0 Å². The number of methoxy groups -OCH3 is 1. The SMILES string of the molecule is C/C=C\C(=C/C)Nc1ccc(Cc2ccc(OC)cc2)cc1. The van der Waals surface area contributed by atoms with Gasteiger partial charge in [0, 0.05) is 11.4 Å². The number of rotatable bonds is 6. The van der Waals surface area contributed by atoms with Crippen molar-refractivity contribution in [3.63, 3.8) is 0 Å². The fourth-order valence-electron chi connectivity index (χ4n) is 2.24. The number of benzene rings is 2. The van der Waals surface area contributed by atoms with Crippen LogP contribution in [0.15, 0.2) is 72.5 Å². The van der Waals surface area contributed by atoms with Crippen molar-refractivity contribution in [2.45, 2.75) is 20.3 Å². The van der Waals surface area contributed by atoms with Gasteiger partial charge >= 0.3 is 0 Å². The summed E-state index contributed by atoms with van der Waals surface area (Å²) in [5, 5.41) is 3.39. The van der Waals surface area contributed by atoms with Crippen molar-refractivity contribution < 1.29 is 4.74 Å². The molecule has 0 amide bonds. The third-order valence-electron chi connectivity index (χ3n) is 3.47. The van der Waals surface area contributed by atoms with E-state index in [1.807, 2.05) is 32.1 Å². The van der Waals surface area contributed by atoms with E-state index in [-0.39, 0.29) is 0 Å². The molecule has 2 nitrogen and oxygen atoms in total. The Hall–Kier alpha value is -2.48. The normalized spacial score (nSPS) is 11.7. The average molecular weight is 293 g/mol. The first kappa shape index (κ1) is 15.9. The first-order valence-corrected chi connectivity index (χ1v) is 7.53. The summed E-state index contributed by atoms with van der Waals surface area (Å²) >= 11 is 0. The van der Waals surface area contributed by atoms with Crippen LogP contribution < -0.4 is 10.1 Å². The Kier molecular flexibility index (Phi) is 5.84. The smallest absolute Gasteiger partial charge is 0.118 e. The Labute approximate surface area is 133 Å². The number of hydrogen-bond donors (Lipinski definition) is 1. The lowest BCUT2D eigenvalue weighted by Gasteiger charge is -2.08. The number of nitrogens with one attached hydrogen (secondary N) is 1. The summed E-state index contributed by atoms with van der Waals surface area (Å²) in [6.45, 7) is 4.05. The first-order chi connectivity index (χ1) is 10.7. The van der Waals surface area contributed by atoms with Gasteiger partial charge in [-0.25, -0.2) is 0 Å². The van der Waals surface area contributed by atoms with Gasteiger partial charge in [-0.2, -0.15) is 0 Å². The third kappa shape index (κ3) is 4.52. The zero-order valence-electron chi connectivity index (χ0n) is 13.5. The van der Waals surface area contributed by atoms with E-state index in [1.165, 1.54) is 11.1 Å². The minimum absolute atomic E-state index is 0.895. The molecule has 0 aliphatic carbocycles. The van der Waals surface area contributed by atoms with Gasteiger partial charge < -0.3 is 10.1 Å². The predicted octanol–water partition coefficient (Wildman–Crippen LogP) is 5.18. The van der Waals surface area contributed by atoms with Crippen molar-refractivity contribution in [3.8, 4) is 5.75 Å². The predicted molar refractivity (Wildman–Crippen MR) is 94.4 cm³/mol. The largest absolute Gasteiger partial charge is 0.497 e. The lowest BCUT2D eigenvalue weighted by Crippen LogP contribution is -1.96. The van der Waals surface area contributed by atoms with Crippen LogP contribution in [0.25, 0.3) is 0 Å². The first-order valence-electron chi connectivity index (χ1n) is 7.53. The molecule has 0 saturated heterocycles. The van der Waals surface area contributed by atoms with Crippen molar-refractivity contribution in [2.75, 3.05) is 12.4 Å². The molecule has 0 aliphatic heterocycles. The molecule has 0 aromatic heterocycles. The molecule has 2 aromatic carbocycles. The van der Waals surface area contributed by atoms with E-state index in [1.54, 1.807) is 7.11 Å². The molecular weight excluding hydrogens is 270 g/mol. The minimum atomic E-state index is 0.895. The van der Waals surface area contributed by atoms with E-state index in [4.69, 9.17) is 4.74 Å². The Morgan fingerprint density at radius 1 is 0.955 bits per heavy atom. The molecule has 0 atom stereocenters. The molecule has 0 unspecified atom stereocenters. The molecule has 0 aliphatic rings. The van der Waals surface area contributed by atoms with Crippen LogP contribution in [-0.2, 0) is 6.42 Å². The molecule has 0 bridgehead atoms. The fraction of sp³-hybridized carbons (Fsp3) is 0.200. The van der Waals surface area contributed by atoms with E-state index < -0.39 is 0 Å². The minimum Gasteiger partial charge on any atom is -0.497 e. The maximum Gasteiger partial charge on any atom is 0.118 e. The van der Waals surface area contributed by atoms with Crippen LogP contribution >= 0.6 is 0 Å². The molecule has 114 valence electrons. The Morgan fingerprint density at radius 2 is 1.55 bits per heavy atom. The summed E-state index contributed by atoms with van der Waals surface area (Å²) in [6.07, 6.45) is 7.08. The van der Waals surface area contributed by atoms with Crippen LogP contribution in [0.3, 0.4) is 0 Å². The van der Waals surface area contributed by atoms with E-state index in [0.29, 0.717) is 0 Å².